The first kappa shape index (κ1) is 14.8. The third kappa shape index (κ3) is 4.45. The summed E-state index contributed by atoms with van der Waals surface area (Å²) in [4.78, 5) is 23.5. The van der Waals surface area contributed by atoms with Gasteiger partial charge in [0, 0.05) is 30.3 Å². The van der Waals surface area contributed by atoms with Crippen LogP contribution >= 0.6 is 0 Å². The second kappa shape index (κ2) is 7.23. The number of hydrogen-bond acceptors (Lipinski definition) is 3. The predicted molar refractivity (Wildman–Crippen MR) is 80.0 cm³/mol. The minimum Gasteiger partial charge on any atom is -0.352 e. The van der Waals surface area contributed by atoms with Crippen molar-refractivity contribution >= 4 is 17.6 Å². The molecule has 3 N–H and O–H groups in total. The summed E-state index contributed by atoms with van der Waals surface area (Å²) >= 11 is 0. The molecule has 0 aliphatic rings. The predicted octanol–water partition coefficient (Wildman–Crippen LogP) is 1.73. The highest BCUT2D eigenvalue weighted by Gasteiger charge is 2.07. The number of carbonyl (C=O) groups excluding carboxylic acids is 2. The van der Waals surface area contributed by atoms with E-state index in [0.717, 1.165) is 12.1 Å². The van der Waals surface area contributed by atoms with Crippen LogP contribution in [0.2, 0.25) is 0 Å². The molecule has 6 nitrogen and oxygen atoms in total. The van der Waals surface area contributed by atoms with E-state index < -0.39 is 0 Å². The Morgan fingerprint density at radius 2 is 2.00 bits per heavy atom. The van der Waals surface area contributed by atoms with Crippen molar-refractivity contribution in [3.05, 3.63) is 47.7 Å². The normalized spacial score (nSPS) is 10.1. The molecule has 21 heavy (non-hydrogen) atoms. The number of anilines is 1. The van der Waals surface area contributed by atoms with Crippen molar-refractivity contribution in [1.82, 2.24) is 15.5 Å². The summed E-state index contributed by atoms with van der Waals surface area (Å²) in [5.41, 5.74) is 1.54. The van der Waals surface area contributed by atoms with Crippen LogP contribution < -0.4 is 10.6 Å². The van der Waals surface area contributed by atoms with Crippen LogP contribution in [0.1, 0.15) is 29.4 Å². The number of amides is 2. The van der Waals surface area contributed by atoms with Gasteiger partial charge in [-0.05, 0) is 18.6 Å². The molecule has 0 fully saturated rings. The van der Waals surface area contributed by atoms with E-state index in [1.807, 2.05) is 13.0 Å². The molecule has 0 bridgehead atoms. The average Bonchev–Trinajstić information content (AvgIpc) is 2.95. The van der Waals surface area contributed by atoms with Gasteiger partial charge in [-0.2, -0.15) is 5.10 Å². The second-order valence-corrected chi connectivity index (χ2v) is 4.55. The third-order valence-electron chi connectivity index (χ3n) is 2.95. The number of nitrogens with one attached hydrogen (secondary N) is 3. The van der Waals surface area contributed by atoms with Gasteiger partial charge in [0.15, 0.2) is 5.82 Å². The number of nitrogens with zero attached hydrogens (tertiary/aromatic N) is 1. The summed E-state index contributed by atoms with van der Waals surface area (Å²) in [6.45, 7) is 2.28. The Balaban J connectivity index is 1.73. The fourth-order valence-electron chi connectivity index (χ4n) is 1.79. The van der Waals surface area contributed by atoms with Crippen LogP contribution in [-0.2, 0) is 11.2 Å². The zero-order chi connectivity index (χ0) is 15.1. The highest BCUT2D eigenvalue weighted by atomic mass is 16.2. The zero-order valence-corrected chi connectivity index (χ0v) is 11.8. The molecule has 1 aromatic heterocycles. The number of aryl methyl sites for hydroxylation is 1. The van der Waals surface area contributed by atoms with Crippen LogP contribution in [0.3, 0.4) is 0 Å². The lowest BCUT2D eigenvalue weighted by atomic mass is 10.2. The first-order valence-electron chi connectivity index (χ1n) is 6.86. The fourth-order valence-corrected chi connectivity index (χ4v) is 1.79. The smallest absolute Gasteiger partial charge is 0.251 e. The van der Waals surface area contributed by atoms with Gasteiger partial charge in [0.05, 0.1) is 0 Å². The van der Waals surface area contributed by atoms with E-state index in [-0.39, 0.29) is 24.8 Å². The van der Waals surface area contributed by atoms with Gasteiger partial charge in [-0.15, -0.1) is 0 Å². The summed E-state index contributed by atoms with van der Waals surface area (Å²) in [6.07, 6.45) is 1.03. The molecule has 0 saturated carbocycles. The van der Waals surface area contributed by atoms with E-state index in [4.69, 9.17) is 0 Å². The van der Waals surface area contributed by atoms with Crippen LogP contribution in [0.5, 0.6) is 0 Å². The number of aromatic amines is 1. The lowest BCUT2D eigenvalue weighted by molar-refractivity contribution is -0.116. The zero-order valence-electron chi connectivity index (χ0n) is 11.8. The van der Waals surface area contributed by atoms with Gasteiger partial charge in [0.25, 0.3) is 5.91 Å². The largest absolute Gasteiger partial charge is 0.352 e. The van der Waals surface area contributed by atoms with Crippen molar-refractivity contribution < 1.29 is 9.59 Å². The van der Waals surface area contributed by atoms with Crippen LogP contribution in [0.15, 0.2) is 36.4 Å². The number of carbonyl (C=O) groups is 2. The fraction of sp³-hybridized carbons (Fsp3) is 0.267. The molecule has 0 aliphatic heterocycles. The van der Waals surface area contributed by atoms with Crippen molar-refractivity contribution in [1.29, 1.82) is 0 Å². The van der Waals surface area contributed by atoms with E-state index in [2.05, 4.69) is 20.8 Å². The van der Waals surface area contributed by atoms with E-state index >= 15 is 0 Å². The maximum Gasteiger partial charge on any atom is 0.251 e. The second-order valence-electron chi connectivity index (χ2n) is 4.55. The summed E-state index contributed by atoms with van der Waals surface area (Å²) in [6, 6.07) is 10.7. The molecule has 0 radical (unpaired) electrons. The van der Waals surface area contributed by atoms with E-state index in [0.29, 0.717) is 11.4 Å². The van der Waals surface area contributed by atoms with Crippen molar-refractivity contribution in [3.8, 4) is 0 Å². The molecular formula is C15H18N4O2. The molecule has 1 heterocycles. The molecule has 0 atom stereocenters. The number of H-pyrrole nitrogens is 1. The third-order valence-corrected chi connectivity index (χ3v) is 2.95. The number of rotatable bonds is 6. The first-order chi connectivity index (χ1) is 10.2. The molecule has 1 aromatic carbocycles. The number of benzene rings is 1. The minimum atomic E-state index is -0.184. The van der Waals surface area contributed by atoms with Gasteiger partial charge in [-0.25, -0.2) is 0 Å². The molecule has 0 saturated heterocycles. The summed E-state index contributed by atoms with van der Waals surface area (Å²) in [5, 5.41) is 12.2. The Kier molecular flexibility index (Phi) is 5.09. The molecule has 2 amide bonds. The Labute approximate surface area is 122 Å². The molecule has 2 rings (SSSR count). The minimum absolute atomic E-state index is 0.183. The Morgan fingerprint density at radius 1 is 1.24 bits per heavy atom. The van der Waals surface area contributed by atoms with Gasteiger partial charge < -0.3 is 10.6 Å². The monoisotopic (exact) mass is 286 g/mol. The highest BCUT2D eigenvalue weighted by molar-refractivity contribution is 5.95. The molecule has 6 heteroatoms. The Hall–Kier alpha value is -2.63. The van der Waals surface area contributed by atoms with E-state index in [1.54, 1.807) is 30.3 Å². The maximum atomic E-state index is 11.8. The van der Waals surface area contributed by atoms with Crippen LogP contribution in [0.4, 0.5) is 5.82 Å². The standard InChI is InChI=1S/C15H18N4O2/c1-2-12-10-13(19-18-12)17-14(20)8-9-16-15(21)11-6-4-3-5-7-11/h3-7,10H,2,8-9H2,1H3,(H,16,21)(H2,17,18,19,20). The Morgan fingerprint density at radius 3 is 2.67 bits per heavy atom. The van der Waals surface area contributed by atoms with E-state index in [1.165, 1.54) is 0 Å². The Bertz CT molecular complexity index is 607. The van der Waals surface area contributed by atoms with Crippen molar-refractivity contribution in [2.75, 3.05) is 11.9 Å². The molecule has 0 spiro atoms. The number of hydrogen-bond donors (Lipinski definition) is 3. The quantitative estimate of drug-likeness (QED) is 0.755. The van der Waals surface area contributed by atoms with Gasteiger partial charge >= 0.3 is 0 Å². The summed E-state index contributed by atoms with van der Waals surface area (Å²) < 4.78 is 0. The van der Waals surface area contributed by atoms with Gasteiger partial charge in [0.2, 0.25) is 5.91 Å². The van der Waals surface area contributed by atoms with Gasteiger partial charge in [0.1, 0.15) is 0 Å². The van der Waals surface area contributed by atoms with E-state index in [9.17, 15) is 9.59 Å². The van der Waals surface area contributed by atoms with Crippen LogP contribution in [0.25, 0.3) is 0 Å². The maximum absolute atomic E-state index is 11.8. The molecule has 0 unspecified atom stereocenters. The van der Waals surface area contributed by atoms with Gasteiger partial charge in [-0.1, -0.05) is 25.1 Å². The highest BCUT2D eigenvalue weighted by Crippen LogP contribution is 2.05. The average molecular weight is 286 g/mol. The topological polar surface area (TPSA) is 86.9 Å². The van der Waals surface area contributed by atoms with Crippen molar-refractivity contribution in [2.45, 2.75) is 19.8 Å². The first-order valence-corrected chi connectivity index (χ1v) is 6.86. The summed E-state index contributed by atoms with van der Waals surface area (Å²) in [5.74, 6) is 0.139. The molecule has 0 aliphatic carbocycles. The molecule has 2 aromatic rings. The summed E-state index contributed by atoms with van der Waals surface area (Å²) in [7, 11) is 0. The molecular weight excluding hydrogens is 268 g/mol. The van der Waals surface area contributed by atoms with Crippen molar-refractivity contribution in [2.24, 2.45) is 0 Å². The molecule has 110 valence electrons. The van der Waals surface area contributed by atoms with Gasteiger partial charge in [-0.3, -0.25) is 14.7 Å². The number of aromatic nitrogens is 2. The SMILES string of the molecule is CCc1cc(NC(=O)CCNC(=O)c2ccccc2)n[nH]1. The van der Waals surface area contributed by atoms with Crippen LogP contribution in [0, 0.1) is 0 Å². The van der Waals surface area contributed by atoms with Crippen LogP contribution in [-0.4, -0.2) is 28.6 Å². The lowest BCUT2D eigenvalue weighted by Gasteiger charge is -2.05. The van der Waals surface area contributed by atoms with Crippen molar-refractivity contribution in [3.63, 3.8) is 0 Å². The lowest BCUT2D eigenvalue weighted by Crippen LogP contribution is -2.27.